The number of amides is 2. The summed E-state index contributed by atoms with van der Waals surface area (Å²) in [5.41, 5.74) is 3.97. The molecule has 1 aliphatic rings. The monoisotopic (exact) mass is 683 g/mol. The molecule has 2 N–H and O–H groups in total. The third-order valence-corrected chi connectivity index (χ3v) is 8.65. The van der Waals surface area contributed by atoms with Gasteiger partial charge in [-0.05, 0) is 55.0 Å². The molecule has 1 aromatic heterocycles. The Balaban J connectivity index is 1.44. The topological polar surface area (TPSA) is 108 Å². The number of rotatable bonds is 10. The summed E-state index contributed by atoms with van der Waals surface area (Å²) in [6.07, 6.45) is 4.72. The minimum atomic E-state index is -1.17. The van der Waals surface area contributed by atoms with Crippen LogP contribution in [-0.4, -0.2) is 49.5 Å². The Bertz CT molecular complexity index is 2140. The summed E-state index contributed by atoms with van der Waals surface area (Å²) in [7, 11) is 0. The molecule has 0 bridgehead atoms. The second-order valence-corrected chi connectivity index (χ2v) is 11.9. The lowest BCUT2D eigenvalue weighted by Gasteiger charge is -2.33. The number of halogens is 3. The first-order valence-electron chi connectivity index (χ1n) is 15.0. The highest BCUT2D eigenvalue weighted by Gasteiger charge is 2.36. The third kappa shape index (κ3) is 6.23. The highest BCUT2D eigenvalue weighted by atomic mass is 35.5. The Morgan fingerprint density at radius 2 is 1.79 bits per heavy atom. The van der Waals surface area contributed by atoms with Crippen LogP contribution >= 0.6 is 23.2 Å². The van der Waals surface area contributed by atoms with E-state index in [9.17, 15) is 19.5 Å². The van der Waals surface area contributed by atoms with E-state index in [4.69, 9.17) is 34.6 Å². The molecule has 48 heavy (non-hydrogen) atoms. The van der Waals surface area contributed by atoms with E-state index in [0.717, 1.165) is 0 Å². The van der Waals surface area contributed by atoms with Crippen LogP contribution in [0.25, 0.3) is 10.9 Å². The van der Waals surface area contributed by atoms with Gasteiger partial charge in [0.05, 0.1) is 27.2 Å². The lowest BCUT2D eigenvalue weighted by molar-refractivity contribution is 0.0156. The fourth-order valence-electron chi connectivity index (χ4n) is 5.81. The number of aromatic nitrogens is 2. The molecule has 2 amide bonds. The number of anilines is 1. The van der Waals surface area contributed by atoms with Crippen molar-refractivity contribution in [2.45, 2.75) is 25.1 Å². The van der Waals surface area contributed by atoms with Crippen LogP contribution in [0, 0.1) is 18.2 Å². The Morgan fingerprint density at radius 3 is 2.54 bits per heavy atom. The number of para-hydroxylation sites is 1. The highest BCUT2D eigenvalue weighted by molar-refractivity contribution is 6.31. The van der Waals surface area contributed by atoms with Gasteiger partial charge in [-0.2, -0.15) is 0 Å². The van der Waals surface area contributed by atoms with Crippen molar-refractivity contribution in [3.63, 3.8) is 0 Å². The largest absolute Gasteiger partial charge is 0.369 e. The van der Waals surface area contributed by atoms with E-state index in [-0.39, 0.29) is 59.2 Å². The van der Waals surface area contributed by atoms with Gasteiger partial charge in [-0.25, -0.2) is 14.1 Å². The van der Waals surface area contributed by atoms with Crippen molar-refractivity contribution < 1.29 is 19.1 Å². The zero-order valence-corrected chi connectivity index (χ0v) is 26.8. The molecule has 0 fully saturated rings. The van der Waals surface area contributed by atoms with Gasteiger partial charge >= 0.3 is 0 Å². The van der Waals surface area contributed by atoms with Crippen LogP contribution in [-0.2, 0) is 0 Å². The molecule has 9 nitrogen and oxygen atoms in total. The molecular formula is C36H28Cl2FN5O4. The Hall–Kier alpha value is -5.21. The Labute approximate surface area is 285 Å². The van der Waals surface area contributed by atoms with Gasteiger partial charge in [0, 0.05) is 35.7 Å². The van der Waals surface area contributed by atoms with Crippen LogP contribution in [0.5, 0.6) is 0 Å². The van der Waals surface area contributed by atoms with Gasteiger partial charge in [-0.3, -0.25) is 19.8 Å². The molecular weight excluding hydrogens is 656 g/mol. The zero-order valence-electron chi connectivity index (χ0n) is 25.3. The van der Waals surface area contributed by atoms with Crippen molar-refractivity contribution in [3.05, 3.63) is 140 Å². The first-order chi connectivity index (χ1) is 23.2. The molecule has 2 atom stereocenters. The third-order valence-electron chi connectivity index (χ3n) is 8.12. The smallest absolute Gasteiger partial charge is 0.280 e. The van der Waals surface area contributed by atoms with Crippen molar-refractivity contribution in [2.75, 3.05) is 18.5 Å². The average Bonchev–Trinajstić information content (AvgIpc) is 3.33. The van der Waals surface area contributed by atoms with Crippen LogP contribution < -0.4 is 11.0 Å². The summed E-state index contributed by atoms with van der Waals surface area (Å²) >= 11 is 12.4. The molecule has 2 heterocycles. The van der Waals surface area contributed by atoms with Gasteiger partial charge in [0.1, 0.15) is 6.04 Å². The fourth-order valence-corrected chi connectivity index (χ4v) is 6.15. The number of aliphatic hydroxyl groups excluding tert-OH is 1. The number of carbonyl (C=O) groups is 2. The number of hydrogen-bond donors (Lipinski definition) is 2. The summed E-state index contributed by atoms with van der Waals surface area (Å²) in [6.45, 7) is -0.0200. The first-order valence-corrected chi connectivity index (χ1v) is 15.8. The molecule has 0 aliphatic carbocycles. The number of terminal acetylenes is 1. The average molecular weight is 685 g/mol. The van der Waals surface area contributed by atoms with Crippen LogP contribution in [0.4, 0.5) is 10.1 Å². The van der Waals surface area contributed by atoms with Gasteiger partial charge in [-0.15, -0.1) is 12.3 Å². The molecule has 0 spiro atoms. The molecule has 0 radical (unpaired) electrons. The Morgan fingerprint density at radius 1 is 1.04 bits per heavy atom. The van der Waals surface area contributed by atoms with Crippen LogP contribution in [0.15, 0.2) is 95.8 Å². The van der Waals surface area contributed by atoms with E-state index in [1.807, 2.05) is 6.07 Å². The van der Waals surface area contributed by atoms with E-state index >= 15 is 4.39 Å². The SMILES string of the molecule is C#CC[C@H](c1nc2cc(Cl)ccc2c(=O)n1Nc1ccccc1)N(CCCN1C(=O)c2ccccc2C1O)C(=O)c1cccc(Cl)c1F. The van der Waals surface area contributed by atoms with Gasteiger partial charge in [-0.1, -0.05) is 65.7 Å². The lowest BCUT2D eigenvalue weighted by Crippen LogP contribution is -2.42. The number of aliphatic hydroxyl groups is 1. The van der Waals surface area contributed by atoms with Crippen molar-refractivity contribution in [3.8, 4) is 12.3 Å². The van der Waals surface area contributed by atoms with E-state index in [2.05, 4.69) is 11.3 Å². The maximum Gasteiger partial charge on any atom is 0.280 e. The van der Waals surface area contributed by atoms with Crippen molar-refractivity contribution in [2.24, 2.45) is 0 Å². The minimum Gasteiger partial charge on any atom is -0.369 e. The van der Waals surface area contributed by atoms with E-state index in [0.29, 0.717) is 21.8 Å². The summed E-state index contributed by atoms with van der Waals surface area (Å²) in [4.78, 5) is 48.8. The molecule has 12 heteroatoms. The van der Waals surface area contributed by atoms with Crippen LogP contribution in [0.1, 0.15) is 57.2 Å². The molecule has 1 unspecified atom stereocenters. The standard InChI is InChI=1S/C36H28Cl2FN5O4/c1-2-10-30(32-40-29-21-22(37)17-18-26(29)36(48)44(32)41-23-11-4-3-5-12-23)42(35(47)27-15-8-16-28(38)31(27)39)19-9-20-43-33(45)24-13-6-7-14-25(24)34(43)46/h1,3-8,11-18,21,30,33,41,45H,9-10,19-20H2/t30-,33?/m1/s1. The highest BCUT2D eigenvalue weighted by Crippen LogP contribution is 2.33. The minimum absolute atomic E-state index is 0.0507. The fraction of sp³-hybridized carbons (Fsp3) is 0.167. The van der Waals surface area contributed by atoms with Crippen molar-refractivity contribution >= 4 is 51.6 Å². The van der Waals surface area contributed by atoms with Gasteiger partial charge < -0.3 is 14.9 Å². The summed E-state index contributed by atoms with van der Waals surface area (Å²) in [6, 6.07) is 23.3. The molecule has 4 aromatic carbocycles. The molecule has 242 valence electrons. The van der Waals surface area contributed by atoms with Crippen LogP contribution in [0.2, 0.25) is 10.0 Å². The Kier molecular flexibility index (Phi) is 9.46. The first kappa shape index (κ1) is 32.7. The second-order valence-electron chi connectivity index (χ2n) is 11.1. The van der Waals surface area contributed by atoms with Crippen LogP contribution in [0.3, 0.4) is 0 Å². The number of benzene rings is 4. The molecule has 0 saturated carbocycles. The molecule has 6 rings (SSSR count). The normalized spacial score (nSPS) is 14.4. The van der Waals surface area contributed by atoms with Gasteiger partial charge in [0.25, 0.3) is 17.4 Å². The van der Waals surface area contributed by atoms with Crippen molar-refractivity contribution in [1.29, 1.82) is 0 Å². The van der Waals surface area contributed by atoms with Gasteiger partial charge in [0.2, 0.25) is 0 Å². The van der Waals surface area contributed by atoms with Crippen molar-refractivity contribution in [1.82, 2.24) is 19.5 Å². The van der Waals surface area contributed by atoms with E-state index in [1.54, 1.807) is 60.7 Å². The second kappa shape index (κ2) is 13.9. The number of nitrogens with one attached hydrogen (secondary N) is 1. The van der Waals surface area contributed by atoms with Gasteiger partial charge in [0.15, 0.2) is 17.9 Å². The number of fused-ring (bicyclic) bond motifs is 2. The molecule has 0 saturated heterocycles. The number of hydrogen-bond acceptors (Lipinski definition) is 6. The van der Waals surface area contributed by atoms with E-state index in [1.165, 1.54) is 38.7 Å². The van der Waals surface area contributed by atoms with E-state index < -0.39 is 29.6 Å². The predicted molar refractivity (Wildman–Crippen MR) is 182 cm³/mol. The summed E-state index contributed by atoms with van der Waals surface area (Å²) < 4.78 is 16.6. The zero-order chi connectivity index (χ0) is 33.9. The number of carbonyl (C=O) groups excluding carboxylic acids is 2. The molecule has 1 aliphatic heterocycles. The number of nitrogens with zero attached hydrogens (tertiary/aromatic N) is 4. The summed E-state index contributed by atoms with van der Waals surface area (Å²) in [5, 5.41) is 11.2. The lowest BCUT2D eigenvalue weighted by atomic mass is 10.1. The maximum absolute atomic E-state index is 15.4. The predicted octanol–water partition coefficient (Wildman–Crippen LogP) is 6.46. The summed E-state index contributed by atoms with van der Waals surface area (Å²) in [5.74, 6) is 0.601. The quantitative estimate of drug-likeness (QED) is 0.164. The molecule has 5 aromatic rings. The maximum atomic E-state index is 15.4.